The van der Waals surface area contributed by atoms with Gasteiger partial charge in [0.15, 0.2) is 5.75 Å². The quantitative estimate of drug-likeness (QED) is 0.0810. The molecule has 0 atom stereocenters. The van der Waals surface area contributed by atoms with Gasteiger partial charge < -0.3 is 9.99 Å². The third-order valence-corrected chi connectivity index (χ3v) is 4.41. The Kier molecular flexibility index (Phi) is 27.3. The van der Waals surface area contributed by atoms with Gasteiger partial charge in [-0.2, -0.15) is 0 Å². The van der Waals surface area contributed by atoms with Gasteiger partial charge in [-0.3, -0.25) is 0 Å². The Morgan fingerprint density at radius 1 is 0.833 bits per heavy atom. The molecule has 0 aliphatic carbocycles. The van der Waals surface area contributed by atoms with E-state index in [0.29, 0.717) is 12.3 Å². The predicted octanol–water partition coefficient (Wildman–Crippen LogP) is 7.73. The van der Waals surface area contributed by atoms with Crippen molar-refractivity contribution in [3.05, 3.63) is 53.5 Å². The van der Waals surface area contributed by atoms with Crippen molar-refractivity contribution in [1.82, 2.24) is 0 Å². The molecule has 0 saturated carbocycles. The number of rotatable bonds is 16. The second kappa shape index (κ2) is 26.2. The summed E-state index contributed by atoms with van der Waals surface area (Å²) in [5.74, 6) is 0.285. The Hall–Kier alpha value is -0.876. The first-order chi connectivity index (χ1) is 14.3. The third-order valence-electron chi connectivity index (χ3n) is 4.41. The molecule has 167 valence electrons. The number of unbranched alkanes of at least 4 members (excludes halogenated alkanes) is 9. The van der Waals surface area contributed by atoms with Crippen LogP contribution in [0.3, 0.4) is 0 Å². The summed E-state index contributed by atoms with van der Waals surface area (Å²) in [5.41, 5.74) is 0.306. The van der Waals surface area contributed by atoms with Crippen LogP contribution < -0.4 is 4.89 Å². The second-order valence-corrected chi connectivity index (χ2v) is 6.98. The van der Waals surface area contributed by atoms with Crippen molar-refractivity contribution in [3.8, 4) is 5.75 Å². The minimum Gasteiger partial charge on any atom is -0.396 e. The van der Waals surface area contributed by atoms with Crippen LogP contribution in [0.5, 0.6) is 5.75 Å². The number of nitroso groups, excluding NO2 is 1. The average molecular weight is 494 g/mol. The molecule has 0 aromatic heterocycles. The number of nitrogens with zero attached hydrogens (tertiary/aromatic N) is 1. The van der Waals surface area contributed by atoms with Crippen molar-refractivity contribution in [1.29, 1.82) is 0 Å². The maximum Gasteiger partial charge on any atom is 0.165 e. The van der Waals surface area contributed by atoms with Crippen molar-refractivity contribution in [2.45, 2.75) is 84.0 Å². The Balaban J connectivity index is 0. The molecule has 0 fully saturated rings. The van der Waals surface area contributed by atoms with E-state index in [0.717, 1.165) is 12.8 Å². The molecule has 0 aliphatic heterocycles. The van der Waals surface area contributed by atoms with E-state index in [-0.39, 0.29) is 38.5 Å². The summed E-state index contributed by atoms with van der Waals surface area (Å²) in [6, 6.07) is 5.77. The van der Waals surface area contributed by atoms with Crippen LogP contribution in [0.25, 0.3) is 0 Å². The zero-order chi connectivity index (χ0) is 21.4. The first kappa shape index (κ1) is 31.3. The van der Waals surface area contributed by atoms with Gasteiger partial charge in [0.25, 0.3) is 0 Å². The molecule has 0 saturated heterocycles. The molecule has 1 radical (unpaired) electrons. The number of allylic oxidation sites excluding steroid dienone is 4. The molecule has 0 aliphatic rings. The molecule has 5 nitrogen and oxygen atoms in total. The van der Waals surface area contributed by atoms with E-state index in [1.54, 1.807) is 0 Å². The Bertz CT molecular complexity index is 533. The molecule has 0 bridgehead atoms. The number of aliphatic hydroxyl groups is 1. The van der Waals surface area contributed by atoms with Crippen molar-refractivity contribution >= 4 is 5.69 Å². The third kappa shape index (κ3) is 21.8. The van der Waals surface area contributed by atoms with Gasteiger partial charge in [0, 0.05) is 39.3 Å². The summed E-state index contributed by atoms with van der Waals surface area (Å²) in [6.07, 6.45) is 24.2. The fraction of sp³-hybridized carbons (Fsp3) is 0.583. The molecular weight excluding hydrogens is 455 g/mol. The minimum absolute atomic E-state index is 0. The predicted molar refractivity (Wildman–Crippen MR) is 122 cm³/mol. The van der Waals surface area contributed by atoms with E-state index in [2.05, 4.69) is 41.3 Å². The van der Waals surface area contributed by atoms with Crippen LogP contribution >= 0.6 is 0 Å². The Labute approximate surface area is 207 Å². The Morgan fingerprint density at radius 2 is 1.37 bits per heavy atom. The van der Waals surface area contributed by atoms with E-state index in [1.807, 2.05) is 0 Å². The van der Waals surface area contributed by atoms with E-state index in [9.17, 15) is 4.91 Å². The van der Waals surface area contributed by atoms with Crippen LogP contribution in [0, 0.1) is 4.91 Å². The fourth-order valence-corrected chi connectivity index (χ4v) is 2.67. The molecule has 0 heterocycles. The van der Waals surface area contributed by atoms with Crippen molar-refractivity contribution in [2.75, 3.05) is 6.61 Å². The molecule has 1 rings (SSSR count). The van der Waals surface area contributed by atoms with Crippen molar-refractivity contribution in [2.24, 2.45) is 5.18 Å². The van der Waals surface area contributed by atoms with Gasteiger partial charge in [-0.05, 0) is 68.0 Å². The van der Waals surface area contributed by atoms with Gasteiger partial charge in [-0.25, -0.2) is 5.26 Å². The van der Waals surface area contributed by atoms with E-state index in [1.165, 1.54) is 88.5 Å². The number of hydrogen-bond acceptors (Lipinski definition) is 5. The van der Waals surface area contributed by atoms with Crippen molar-refractivity contribution in [3.63, 3.8) is 0 Å². The first-order valence-corrected chi connectivity index (χ1v) is 10.9. The van der Waals surface area contributed by atoms with Crippen LogP contribution in [0.15, 0.2) is 53.7 Å². The largest absolute Gasteiger partial charge is 0.396 e. The van der Waals surface area contributed by atoms with Gasteiger partial charge in [-0.1, -0.05) is 69.8 Å². The summed E-state index contributed by atoms with van der Waals surface area (Å²) in [7, 11) is 0. The van der Waals surface area contributed by atoms with Crippen molar-refractivity contribution < 1.29 is 48.0 Å². The maximum absolute atomic E-state index is 9.85. The van der Waals surface area contributed by atoms with E-state index < -0.39 is 0 Å². The van der Waals surface area contributed by atoms with Gasteiger partial charge in [0.2, 0.25) is 0 Å². The minimum atomic E-state index is 0. The molecule has 1 aromatic rings. The van der Waals surface area contributed by atoms with Crippen LogP contribution in [0.4, 0.5) is 5.69 Å². The molecule has 30 heavy (non-hydrogen) atoms. The number of aliphatic hydroxyl groups excluding tert-OH is 1. The second-order valence-electron chi connectivity index (χ2n) is 6.98. The summed E-state index contributed by atoms with van der Waals surface area (Å²) < 4.78 is 0. The van der Waals surface area contributed by atoms with Crippen LogP contribution in [-0.4, -0.2) is 17.0 Å². The van der Waals surface area contributed by atoms with E-state index >= 15 is 0 Å². The van der Waals surface area contributed by atoms with Gasteiger partial charge in [0.05, 0.1) is 0 Å². The standard InChI is InChI=1S/C18H34O.C6H5NO3.Y/c1-2-3-4-5-6-7-8-9-10-11-12-13-14-15-16-17-18-19;8-7-5-1-3-6(10-9)4-2-5;/h6-7,9-10,19H,2-5,8,11-18H2,1H3;1-4,9H;/b7-6-,10-9-;;. The molecule has 0 amide bonds. The zero-order valence-corrected chi connectivity index (χ0v) is 21.4. The molecule has 0 spiro atoms. The number of hydrogen-bond donors (Lipinski definition) is 2. The van der Waals surface area contributed by atoms with E-state index in [4.69, 9.17) is 10.4 Å². The average Bonchev–Trinajstić information content (AvgIpc) is 2.77. The molecule has 2 N–H and O–H groups in total. The topological polar surface area (TPSA) is 79.1 Å². The van der Waals surface area contributed by atoms with Gasteiger partial charge in [0.1, 0.15) is 5.69 Å². The fourth-order valence-electron chi connectivity index (χ4n) is 2.67. The summed E-state index contributed by atoms with van der Waals surface area (Å²) in [4.78, 5) is 13.7. The SMILES string of the molecule is CCCCC/C=C\C/C=C\CCCCCCCCO.O=Nc1ccc(OO)cc1.[Y]. The zero-order valence-electron chi connectivity index (χ0n) is 18.5. The van der Waals surface area contributed by atoms with Gasteiger partial charge in [-0.15, -0.1) is 4.91 Å². The number of benzene rings is 1. The molecule has 0 unspecified atom stereocenters. The smallest absolute Gasteiger partial charge is 0.165 e. The molecule has 6 heteroatoms. The summed E-state index contributed by atoms with van der Waals surface area (Å²) in [5, 5.41) is 19.4. The van der Waals surface area contributed by atoms with Gasteiger partial charge >= 0.3 is 0 Å². The summed E-state index contributed by atoms with van der Waals surface area (Å²) >= 11 is 0. The van der Waals surface area contributed by atoms with Crippen LogP contribution in [0.1, 0.15) is 84.0 Å². The van der Waals surface area contributed by atoms with Crippen LogP contribution in [0.2, 0.25) is 0 Å². The molecular formula is C24H39NO4Y. The Morgan fingerprint density at radius 3 is 1.87 bits per heavy atom. The maximum atomic E-state index is 9.85. The van der Waals surface area contributed by atoms with Crippen LogP contribution in [-0.2, 0) is 32.7 Å². The summed E-state index contributed by atoms with van der Waals surface area (Å²) in [6.45, 7) is 2.60. The normalized spacial score (nSPS) is 10.5. The first-order valence-electron chi connectivity index (χ1n) is 10.9. The monoisotopic (exact) mass is 494 g/mol. The molecule has 1 aromatic carbocycles.